The number of amides is 1. The summed E-state index contributed by atoms with van der Waals surface area (Å²) in [4.78, 5) is 36.1. The van der Waals surface area contributed by atoms with E-state index in [0.29, 0.717) is 16.9 Å². The fraction of sp³-hybridized carbons (Fsp3) is 0.0625. The molecule has 2 heterocycles. The molecule has 7 heteroatoms. The standard InChI is InChI=1S/C16H12N4O3/c21-14(20-13-6-1-2-7-18-13)10-23-16(22)11-4-3-5-12-15(11)19-9-8-17-12/h1-9H,10H2,(H,18,20,21). The van der Waals surface area contributed by atoms with Gasteiger partial charge in [0.1, 0.15) is 11.3 Å². The maximum Gasteiger partial charge on any atom is 0.340 e. The number of esters is 1. The molecule has 114 valence electrons. The molecule has 3 rings (SSSR count). The zero-order chi connectivity index (χ0) is 16.1. The monoisotopic (exact) mass is 308 g/mol. The van der Waals surface area contributed by atoms with E-state index in [1.165, 1.54) is 12.4 Å². The van der Waals surface area contributed by atoms with E-state index in [1.54, 1.807) is 42.6 Å². The summed E-state index contributed by atoms with van der Waals surface area (Å²) in [5.74, 6) is -0.708. The topological polar surface area (TPSA) is 94.1 Å². The molecule has 0 radical (unpaired) electrons. The molecule has 0 saturated heterocycles. The van der Waals surface area contributed by atoms with Gasteiger partial charge in [0.15, 0.2) is 6.61 Å². The molecule has 0 aliphatic heterocycles. The van der Waals surface area contributed by atoms with E-state index in [2.05, 4.69) is 20.3 Å². The molecule has 7 nitrogen and oxygen atoms in total. The second-order valence-corrected chi connectivity index (χ2v) is 4.57. The Labute approximate surface area is 131 Å². The first kappa shape index (κ1) is 14.6. The van der Waals surface area contributed by atoms with Crippen molar-refractivity contribution in [3.05, 3.63) is 60.6 Å². The van der Waals surface area contributed by atoms with E-state index in [4.69, 9.17) is 4.74 Å². The van der Waals surface area contributed by atoms with Crippen molar-refractivity contribution < 1.29 is 14.3 Å². The van der Waals surface area contributed by atoms with Crippen LogP contribution in [0.4, 0.5) is 5.82 Å². The number of carbonyl (C=O) groups is 2. The van der Waals surface area contributed by atoms with Gasteiger partial charge in [-0.25, -0.2) is 9.78 Å². The summed E-state index contributed by atoms with van der Waals surface area (Å²) in [6.07, 6.45) is 4.58. The number of hydrogen-bond acceptors (Lipinski definition) is 6. The second-order valence-electron chi connectivity index (χ2n) is 4.57. The van der Waals surface area contributed by atoms with Gasteiger partial charge < -0.3 is 10.1 Å². The zero-order valence-corrected chi connectivity index (χ0v) is 12.0. The minimum atomic E-state index is -0.632. The number of aromatic nitrogens is 3. The Morgan fingerprint density at radius 2 is 1.83 bits per heavy atom. The fourth-order valence-electron chi connectivity index (χ4n) is 1.98. The van der Waals surface area contributed by atoms with Crippen LogP contribution in [-0.4, -0.2) is 33.4 Å². The van der Waals surface area contributed by atoms with Crippen LogP contribution in [0.25, 0.3) is 11.0 Å². The predicted octanol–water partition coefficient (Wildman–Crippen LogP) is 1.82. The number of carbonyl (C=O) groups excluding carboxylic acids is 2. The molecule has 0 spiro atoms. The molecule has 3 aromatic rings. The number of nitrogens with zero attached hydrogens (tertiary/aromatic N) is 3. The van der Waals surface area contributed by atoms with E-state index in [-0.39, 0.29) is 5.56 Å². The molecular weight excluding hydrogens is 296 g/mol. The smallest absolute Gasteiger partial charge is 0.340 e. The Balaban J connectivity index is 1.66. The highest BCUT2D eigenvalue weighted by Crippen LogP contribution is 2.14. The Morgan fingerprint density at radius 3 is 2.65 bits per heavy atom. The average Bonchev–Trinajstić information content (AvgIpc) is 2.60. The van der Waals surface area contributed by atoms with Crippen molar-refractivity contribution in [1.29, 1.82) is 0 Å². The lowest BCUT2D eigenvalue weighted by atomic mass is 10.2. The van der Waals surface area contributed by atoms with Crippen LogP contribution in [0, 0.1) is 0 Å². The lowest BCUT2D eigenvalue weighted by Crippen LogP contribution is -2.21. The van der Waals surface area contributed by atoms with E-state index in [0.717, 1.165) is 0 Å². The largest absolute Gasteiger partial charge is 0.452 e. The summed E-state index contributed by atoms with van der Waals surface area (Å²) in [5.41, 5.74) is 1.28. The Bertz CT molecular complexity index is 847. The van der Waals surface area contributed by atoms with E-state index in [9.17, 15) is 9.59 Å². The van der Waals surface area contributed by atoms with E-state index < -0.39 is 18.5 Å². The molecule has 0 bridgehead atoms. The highest BCUT2D eigenvalue weighted by molar-refractivity contribution is 6.02. The summed E-state index contributed by atoms with van der Waals surface area (Å²) >= 11 is 0. The number of hydrogen-bond donors (Lipinski definition) is 1. The van der Waals surface area contributed by atoms with Crippen molar-refractivity contribution in [3.63, 3.8) is 0 Å². The van der Waals surface area contributed by atoms with Gasteiger partial charge in [-0.05, 0) is 24.3 Å². The van der Waals surface area contributed by atoms with Gasteiger partial charge in [0.25, 0.3) is 5.91 Å². The number of anilines is 1. The lowest BCUT2D eigenvalue weighted by Gasteiger charge is -2.07. The quantitative estimate of drug-likeness (QED) is 0.739. The second kappa shape index (κ2) is 6.61. The van der Waals surface area contributed by atoms with Crippen molar-refractivity contribution in [2.24, 2.45) is 0 Å². The molecule has 2 aromatic heterocycles. The van der Waals surface area contributed by atoms with Crippen molar-refractivity contribution in [2.45, 2.75) is 0 Å². The van der Waals surface area contributed by atoms with Gasteiger partial charge in [0.2, 0.25) is 0 Å². The van der Waals surface area contributed by atoms with Gasteiger partial charge in [-0.1, -0.05) is 12.1 Å². The number of para-hydroxylation sites is 1. The Kier molecular flexibility index (Phi) is 4.19. The molecular formula is C16H12N4O3. The maximum atomic E-state index is 12.1. The first-order valence-corrected chi connectivity index (χ1v) is 6.82. The number of benzene rings is 1. The summed E-state index contributed by atoms with van der Waals surface area (Å²) in [5, 5.41) is 2.53. The summed E-state index contributed by atoms with van der Waals surface area (Å²) < 4.78 is 5.02. The van der Waals surface area contributed by atoms with Crippen molar-refractivity contribution in [3.8, 4) is 0 Å². The fourth-order valence-corrected chi connectivity index (χ4v) is 1.98. The average molecular weight is 308 g/mol. The van der Waals surface area contributed by atoms with Crippen LogP contribution >= 0.6 is 0 Å². The van der Waals surface area contributed by atoms with Crippen LogP contribution in [0.3, 0.4) is 0 Å². The van der Waals surface area contributed by atoms with E-state index in [1.807, 2.05) is 0 Å². The van der Waals surface area contributed by atoms with Crippen LogP contribution in [0.5, 0.6) is 0 Å². The predicted molar refractivity (Wildman–Crippen MR) is 82.7 cm³/mol. The van der Waals surface area contributed by atoms with Gasteiger partial charge >= 0.3 is 5.97 Å². The molecule has 1 amide bonds. The van der Waals surface area contributed by atoms with Crippen molar-refractivity contribution in [2.75, 3.05) is 11.9 Å². The number of ether oxygens (including phenoxy) is 1. The van der Waals surface area contributed by atoms with Crippen LogP contribution < -0.4 is 5.32 Å². The molecule has 0 unspecified atom stereocenters. The maximum absolute atomic E-state index is 12.1. The molecule has 1 aromatic carbocycles. The number of pyridine rings is 1. The van der Waals surface area contributed by atoms with Crippen molar-refractivity contribution >= 4 is 28.7 Å². The first-order chi connectivity index (χ1) is 11.2. The van der Waals surface area contributed by atoms with Gasteiger partial charge in [-0.2, -0.15) is 0 Å². The van der Waals surface area contributed by atoms with Gasteiger partial charge in [-0.15, -0.1) is 0 Å². The molecule has 23 heavy (non-hydrogen) atoms. The van der Waals surface area contributed by atoms with Gasteiger partial charge in [0.05, 0.1) is 11.1 Å². The minimum Gasteiger partial charge on any atom is -0.452 e. The zero-order valence-electron chi connectivity index (χ0n) is 12.0. The van der Waals surface area contributed by atoms with Crippen LogP contribution in [0.15, 0.2) is 55.0 Å². The molecule has 1 N–H and O–H groups in total. The lowest BCUT2D eigenvalue weighted by molar-refractivity contribution is -0.119. The van der Waals surface area contributed by atoms with Crippen LogP contribution in [0.1, 0.15) is 10.4 Å². The third-order valence-corrected chi connectivity index (χ3v) is 2.99. The first-order valence-electron chi connectivity index (χ1n) is 6.82. The van der Waals surface area contributed by atoms with Crippen LogP contribution in [-0.2, 0) is 9.53 Å². The summed E-state index contributed by atoms with van der Waals surface area (Å²) in [7, 11) is 0. The van der Waals surface area contributed by atoms with Gasteiger partial charge in [0, 0.05) is 18.6 Å². The summed E-state index contributed by atoms with van der Waals surface area (Å²) in [6.45, 7) is -0.411. The summed E-state index contributed by atoms with van der Waals surface area (Å²) in [6, 6.07) is 10.1. The normalized spacial score (nSPS) is 10.3. The van der Waals surface area contributed by atoms with E-state index >= 15 is 0 Å². The molecule has 0 aliphatic carbocycles. The minimum absolute atomic E-state index is 0.265. The van der Waals surface area contributed by atoms with Gasteiger partial charge in [-0.3, -0.25) is 14.8 Å². The van der Waals surface area contributed by atoms with Crippen LogP contribution in [0.2, 0.25) is 0 Å². The molecule has 0 fully saturated rings. The molecule has 0 saturated carbocycles. The third-order valence-electron chi connectivity index (χ3n) is 2.99. The highest BCUT2D eigenvalue weighted by Gasteiger charge is 2.14. The molecule has 0 atom stereocenters. The Hall–Kier alpha value is -3.35. The highest BCUT2D eigenvalue weighted by atomic mass is 16.5. The SMILES string of the molecule is O=C(COC(=O)c1cccc2nccnc12)Nc1ccccn1. The number of fused-ring (bicyclic) bond motifs is 1. The number of nitrogens with one attached hydrogen (secondary N) is 1. The Morgan fingerprint density at radius 1 is 0.957 bits per heavy atom. The molecule has 0 aliphatic rings. The van der Waals surface area contributed by atoms with Crippen molar-refractivity contribution in [1.82, 2.24) is 15.0 Å². The third kappa shape index (κ3) is 3.46. The number of rotatable bonds is 4.